The van der Waals surface area contributed by atoms with Crippen molar-refractivity contribution >= 4 is 29.1 Å². The maximum atomic E-state index is 14.0. The number of halogens is 1. The lowest BCUT2D eigenvalue weighted by molar-refractivity contribution is 0.0826. The Balaban J connectivity index is 1.59. The van der Waals surface area contributed by atoms with Gasteiger partial charge in [-0.3, -0.25) is 10.2 Å². The van der Waals surface area contributed by atoms with E-state index in [9.17, 15) is 9.18 Å². The molecule has 6 heteroatoms. The minimum Gasteiger partial charge on any atom is -0.285 e. The molecule has 1 N–H and O–H groups in total. The summed E-state index contributed by atoms with van der Waals surface area (Å²) in [5, 5.41) is 1.96. The predicted molar refractivity (Wildman–Crippen MR) is 122 cm³/mol. The molecule has 0 bridgehead atoms. The molecule has 3 aromatic carbocycles. The predicted octanol–water partition coefficient (Wildman–Crippen LogP) is 5.51. The standard InChI is InChI=1S/C25H22FN3OS/c1-16-5-4-6-17(13-16)24-20-9-8-19(26)15-23(20)31-22-10-7-18(14-21(22)27-24)25(30)28-29-11-2-3-12-29/h4-10,13-15H,2-3,11-12H2,1H3,(H,28,30). The first-order valence-corrected chi connectivity index (χ1v) is 11.2. The molecule has 2 aliphatic rings. The van der Waals surface area contributed by atoms with Crippen molar-refractivity contribution in [2.75, 3.05) is 13.1 Å². The van der Waals surface area contributed by atoms with E-state index in [2.05, 4.69) is 11.5 Å². The van der Waals surface area contributed by atoms with E-state index in [-0.39, 0.29) is 11.7 Å². The molecule has 2 aliphatic heterocycles. The molecular weight excluding hydrogens is 409 g/mol. The molecular formula is C25H22FN3OS. The number of hydrogen-bond donors (Lipinski definition) is 1. The van der Waals surface area contributed by atoms with Crippen LogP contribution in [0.25, 0.3) is 0 Å². The molecule has 2 heterocycles. The first-order chi connectivity index (χ1) is 15.1. The lowest BCUT2D eigenvalue weighted by Crippen LogP contribution is -2.39. The van der Waals surface area contributed by atoms with Crippen molar-refractivity contribution in [3.63, 3.8) is 0 Å². The number of carbonyl (C=O) groups excluding carboxylic acids is 1. The summed E-state index contributed by atoms with van der Waals surface area (Å²) >= 11 is 1.48. The van der Waals surface area contributed by atoms with E-state index in [1.807, 2.05) is 48.3 Å². The molecule has 31 heavy (non-hydrogen) atoms. The van der Waals surface area contributed by atoms with Crippen LogP contribution in [0.2, 0.25) is 0 Å². The highest BCUT2D eigenvalue weighted by atomic mass is 32.2. The van der Waals surface area contributed by atoms with Crippen LogP contribution in [-0.4, -0.2) is 29.7 Å². The number of benzene rings is 3. The lowest BCUT2D eigenvalue weighted by Gasteiger charge is -2.16. The second-order valence-electron chi connectivity index (χ2n) is 7.89. The van der Waals surface area contributed by atoms with Gasteiger partial charge in [0, 0.05) is 39.6 Å². The van der Waals surface area contributed by atoms with Crippen molar-refractivity contribution in [3.05, 3.63) is 88.7 Å². The molecule has 0 saturated carbocycles. The van der Waals surface area contributed by atoms with E-state index >= 15 is 0 Å². The van der Waals surface area contributed by atoms with E-state index in [0.29, 0.717) is 11.3 Å². The first-order valence-electron chi connectivity index (χ1n) is 10.4. The van der Waals surface area contributed by atoms with E-state index in [1.54, 1.807) is 12.1 Å². The van der Waals surface area contributed by atoms with Gasteiger partial charge in [0.05, 0.1) is 11.4 Å². The maximum absolute atomic E-state index is 14.0. The van der Waals surface area contributed by atoms with Gasteiger partial charge in [-0.2, -0.15) is 0 Å². The van der Waals surface area contributed by atoms with Crippen molar-refractivity contribution in [1.29, 1.82) is 0 Å². The zero-order valence-corrected chi connectivity index (χ0v) is 18.0. The zero-order valence-electron chi connectivity index (χ0n) is 17.2. The van der Waals surface area contributed by atoms with E-state index in [4.69, 9.17) is 4.99 Å². The molecule has 0 aromatic heterocycles. The summed E-state index contributed by atoms with van der Waals surface area (Å²) in [5.41, 5.74) is 8.02. The number of aryl methyl sites for hydroxylation is 1. The van der Waals surface area contributed by atoms with Crippen LogP contribution in [0.1, 0.15) is 39.9 Å². The summed E-state index contributed by atoms with van der Waals surface area (Å²) in [6.07, 6.45) is 2.19. The molecule has 5 rings (SSSR count). The highest BCUT2D eigenvalue weighted by molar-refractivity contribution is 7.99. The second kappa shape index (κ2) is 8.29. The minimum absolute atomic E-state index is 0.130. The van der Waals surface area contributed by atoms with Crippen LogP contribution in [0, 0.1) is 12.7 Å². The summed E-state index contributed by atoms with van der Waals surface area (Å²) in [5.74, 6) is -0.408. The van der Waals surface area contributed by atoms with Crippen LogP contribution in [0.15, 0.2) is 75.4 Å². The van der Waals surface area contributed by atoms with Gasteiger partial charge in [0.2, 0.25) is 0 Å². The molecule has 3 aromatic rings. The van der Waals surface area contributed by atoms with Crippen LogP contribution in [-0.2, 0) is 0 Å². The Hall–Kier alpha value is -2.96. The third-order valence-electron chi connectivity index (χ3n) is 5.53. The molecule has 0 unspecified atom stereocenters. The van der Waals surface area contributed by atoms with Crippen molar-refractivity contribution in [2.24, 2.45) is 4.99 Å². The molecule has 4 nitrogen and oxygen atoms in total. The summed E-state index contributed by atoms with van der Waals surface area (Å²) < 4.78 is 14.0. The number of hydrogen-bond acceptors (Lipinski definition) is 4. The number of nitrogens with zero attached hydrogens (tertiary/aromatic N) is 2. The normalized spacial score (nSPS) is 15.6. The monoisotopic (exact) mass is 431 g/mol. The fourth-order valence-electron chi connectivity index (χ4n) is 3.96. The van der Waals surface area contributed by atoms with E-state index in [0.717, 1.165) is 58.1 Å². The van der Waals surface area contributed by atoms with Crippen molar-refractivity contribution in [2.45, 2.75) is 29.6 Å². The third kappa shape index (κ3) is 4.13. The van der Waals surface area contributed by atoms with Crippen molar-refractivity contribution in [1.82, 2.24) is 10.4 Å². The SMILES string of the molecule is Cc1cccc(C2=Nc3cc(C(=O)NN4CCCC4)ccc3Sc3cc(F)ccc32)c1. The van der Waals surface area contributed by atoms with Crippen molar-refractivity contribution in [3.8, 4) is 0 Å². The Labute approximate surface area is 185 Å². The van der Waals surface area contributed by atoms with Gasteiger partial charge in [0.15, 0.2) is 0 Å². The minimum atomic E-state index is -0.278. The third-order valence-corrected chi connectivity index (χ3v) is 6.65. The van der Waals surface area contributed by atoms with Gasteiger partial charge in [-0.1, -0.05) is 35.5 Å². The summed E-state index contributed by atoms with van der Waals surface area (Å²) in [4.78, 5) is 19.5. The average Bonchev–Trinajstić information content (AvgIpc) is 3.20. The summed E-state index contributed by atoms with van der Waals surface area (Å²) in [6.45, 7) is 3.79. The number of nitrogens with one attached hydrogen (secondary N) is 1. The highest BCUT2D eigenvalue weighted by Crippen LogP contribution is 2.42. The van der Waals surface area contributed by atoms with Gasteiger partial charge in [-0.15, -0.1) is 0 Å². The molecule has 1 fully saturated rings. The topological polar surface area (TPSA) is 44.7 Å². The smallest absolute Gasteiger partial charge is 0.265 e. The van der Waals surface area contributed by atoms with Gasteiger partial charge < -0.3 is 0 Å². The zero-order chi connectivity index (χ0) is 21.4. The highest BCUT2D eigenvalue weighted by Gasteiger charge is 2.22. The average molecular weight is 432 g/mol. The molecule has 0 atom stereocenters. The van der Waals surface area contributed by atoms with E-state index < -0.39 is 0 Å². The summed E-state index contributed by atoms with van der Waals surface area (Å²) in [7, 11) is 0. The van der Waals surface area contributed by atoms with Gasteiger partial charge >= 0.3 is 0 Å². The Morgan fingerprint density at radius 2 is 1.87 bits per heavy atom. The molecule has 156 valence electrons. The van der Waals surface area contributed by atoms with Crippen LogP contribution in [0.3, 0.4) is 0 Å². The van der Waals surface area contributed by atoms with Gasteiger partial charge in [-0.05, 0) is 62.2 Å². The van der Waals surface area contributed by atoms with Crippen LogP contribution < -0.4 is 5.43 Å². The van der Waals surface area contributed by atoms with Gasteiger partial charge in [0.25, 0.3) is 5.91 Å². The second-order valence-corrected chi connectivity index (χ2v) is 8.97. The Morgan fingerprint density at radius 1 is 1.03 bits per heavy atom. The van der Waals surface area contributed by atoms with Crippen molar-refractivity contribution < 1.29 is 9.18 Å². The fraction of sp³-hybridized carbons (Fsp3) is 0.200. The molecule has 0 spiro atoms. The first kappa shape index (κ1) is 20.0. The number of amides is 1. The molecule has 1 amide bonds. The number of fused-ring (bicyclic) bond motifs is 2. The number of carbonyl (C=O) groups is 1. The Kier molecular flexibility index (Phi) is 5.34. The van der Waals surface area contributed by atoms with Crippen LogP contribution in [0.4, 0.5) is 10.1 Å². The lowest BCUT2D eigenvalue weighted by atomic mass is 10.00. The van der Waals surface area contributed by atoms with Crippen LogP contribution >= 0.6 is 11.8 Å². The number of hydrazine groups is 1. The molecule has 0 aliphatic carbocycles. The molecule has 1 saturated heterocycles. The number of rotatable bonds is 3. The van der Waals surface area contributed by atoms with Gasteiger partial charge in [-0.25, -0.2) is 14.4 Å². The Bertz CT molecular complexity index is 1200. The fourth-order valence-corrected chi connectivity index (χ4v) is 4.99. The number of aliphatic imine (C=N–C) groups is 1. The maximum Gasteiger partial charge on any atom is 0.265 e. The quantitative estimate of drug-likeness (QED) is 0.465. The van der Waals surface area contributed by atoms with Crippen LogP contribution in [0.5, 0.6) is 0 Å². The van der Waals surface area contributed by atoms with E-state index in [1.165, 1.54) is 17.8 Å². The summed E-state index contributed by atoms with van der Waals surface area (Å²) in [6, 6.07) is 18.5. The molecule has 0 radical (unpaired) electrons. The largest absolute Gasteiger partial charge is 0.285 e. The van der Waals surface area contributed by atoms with Gasteiger partial charge in [0.1, 0.15) is 5.82 Å². The Morgan fingerprint density at radius 3 is 2.68 bits per heavy atom.